The number of pyridine rings is 1. The van der Waals surface area contributed by atoms with Gasteiger partial charge in [0.25, 0.3) is 0 Å². The molecule has 0 aliphatic heterocycles. The van der Waals surface area contributed by atoms with Crippen LogP contribution in [0.3, 0.4) is 0 Å². The molecule has 0 amide bonds. The molecule has 0 atom stereocenters. The van der Waals surface area contributed by atoms with E-state index < -0.39 is 0 Å². The Morgan fingerprint density at radius 3 is 2.70 bits per heavy atom. The number of benzene rings is 2. The summed E-state index contributed by atoms with van der Waals surface area (Å²) in [6.45, 7) is 0.0325. The molecule has 2 aromatic heterocycles. The maximum absolute atomic E-state index is 13.1. The molecule has 0 saturated carbocycles. The Bertz CT molecular complexity index is 1170. The molecule has 6 nitrogen and oxygen atoms in total. The lowest BCUT2D eigenvalue weighted by molar-refractivity contribution is 0.0355. The molecule has 0 N–H and O–H groups in total. The van der Waals surface area contributed by atoms with Gasteiger partial charge in [-0.15, -0.1) is 5.10 Å². The van der Waals surface area contributed by atoms with E-state index in [0.29, 0.717) is 5.56 Å². The second-order valence-electron chi connectivity index (χ2n) is 6.77. The van der Waals surface area contributed by atoms with Crippen molar-refractivity contribution in [2.24, 2.45) is 0 Å². The number of hydrogen-bond donors (Lipinski definition) is 0. The molecule has 0 unspecified atom stereocenters. The van der Waals surface area contributed by atoms with Crippen molar-refractivity contribution in [1.82, 2.24) is 20.0 Å². The van der Waals surface area contributed by atoms with Crippen molar-refractivity contribution in [2.45, 2.75) is 32.4 Å². The van der Waals surface area contributed by atoms with Gasteiger partial charge in [-0.1, -0.05) is 35.5 Å². The van der Waals surface area contributed by atoms with Crippen LogP contribution in [0.4, 0.5) is 0 Å². The van der Waals surface area contributed by atoms with Crippen molar-refractivity contribution in [3.8, 4) is 0 Å². The predicted molar refractivity (Wildman–Crippen MR) is 101 cm³/mol. The summed E-state index contributed by atoms with van der Waals surface area (Å²) >= 11 is 0. The van der Waals surface area contributed by atoms with Gasteiger partial charge in [0.05, 0.1) is 16.6 Å². The monoisotopic (exact) mass is 358 g/mol. The number of para-hydroxylation sites is 2. The number of nitrogens with zero attached hydrogens (tertiary/aromatic N) is 4. The minimum absolute atomic E-state index is 0.0325. The fourth-order valence-corrected chi connectivity index (χ4v) is 3.81. The lowest BCUT2D eigenvalue weighted by Crippen LogP contribution is -2.17. The van der Waals surface area contributed by atoms with Crippen LogP contribution in [0.5, 0.6) is 0 Å². The molecule has 1 aliphatic rings. The summed E-state index contributed by atoms with van der Waals surface area (Å²) in [4.78, 5) is 17.8. The van der Waals surface area contributed by atoms with Gasteiger partial charge in [0.2, 0.25) is 0 Å². The van der Waals surface area contributed by atoms with E-state index in [1.807, 2.05) is 48.5 Å². The molecule has 2 heterocycles. The first kappa shape index (κ1) is 15.9. The molecule has 0 saturated heterocycles. The smallest absolute Gasteiger partial charge is 0.340 e. The zero-order valence-electron chi connectivity index (χ0n) is 14.8. The highest BCUT2D eigenvalue weighted by Gasteiger charge is 2.23. The summed E-state index contributed by atoms with van der Waals surface area (Å²) in [5, 5.41) is 9.04. The number of aryl methyl sites for hydroxylation is 1. The quantitative estimate of drug-likeness (QED) is 0.523. The topological polar surface area (TPSA) is 69.9 Å². The zero-order chi connectivity index (χ0) is 18.2. The molecule has 0 spiro atoms. The molecule has 1 aliphatic carbocycles. The molecular formula is C21H18N4O2. The third-order valence-electron chi connectivity index (χ3n) is 5.11. The van der Waals surface area contributed by atoms with Gasteiger partial charge in [-0.25, -0.2) is 9.48 Å². The van der Waals surface area contributed by atoms with E-state index in [1.165, 1.54) is 0 Å². The van der Waals surface area contributed by atoms with Crippen molar-refractivity contribution in [3.63, 3.8) is 0 Å². The molecule has 27 heavy (non-hydrogen) atoms. The largest absolute Gasteiger partial charge is 0.439 e. The van der Waals surface area contributed by atoms with Crippen LogP contribution >= 0.6 is 0 Å². The van der Waals surface area contributed by atoms with Gasteiger partial charge < -0.3 is 4.74 Å². The minimum atomic E-state index is -0.327. The second-order valence-corrected chi connectivity index (χ2v) is 6.77. The maximum atomic E-state index is 13.1. The van der Waals surface area contributed by atoms with Gasteiger partial charge in [-0.05, 0) is 49.4 Å². The Balaban J connectivity index is 1.52. The Labute approximate surface area is 155 Å². The van der Waals surface area contributed by atoms with Gasteiger partial charge in [0.1, 0.15) is 5.52 Å². The van der Waals surface area contributed by atoms with Crippen LogP contribution in [0.25, 0.3) is 21.9 Å². The summed E-state index contributed by atoms with van der Waals surface area (Å²) < 4.78 is 7.25. The molecule has 4 aromatic rings. The Hall–Kier alpha value is -3.28. The highest BCUT2D eigenvalue weighted by Crippen LogP contribution is 2.29. The average Bonchev–Trinajstić information content (AvgIpc) is 3.13. The van der Waals surface area contributed by atoms with Gasteiger partial charge >= 0.3 is 5.97 Å². The second kappa shape index (κ2) is 6.46. The van der Waals surface area contributed by atoms with Crippen LogP contribution in [-0.4, -0.2) is 25.9 Å². The highest BCUT2D eigenvalue weighted by molar-refractivity contribution is 6.05. The number of carbonyl (C=O) groups is 1. The van der Waals surface area contributed by atoms with E-state index in [-0.39, 0.29) is 12.7 Å². The van der Waals surface area contributed by atoms with Crippen molar-refractivity contribution < 1.29 is 9.53 Å². The van der Waals surface area contributed by atoms with Crippen LogP contribution < -0.4 is 0 Å². The Morgan fingerprint density at radius 2 is 1.78 bits per heavy atom. The first-order valence-electron chi connectivity index (χ1n) is 9.17. The fourth-order valence-electron chi connectivity index (χ4n) is 3.81. The number of rotatable bonds is 3. The van der Waals surface area contributed by atoms with Gasteiger partial charge in [-0.2, -0.15) is 0 Å². The van der Waals surface area contributed by atoms with Gasteiger partial charge in [0, 0.05) is 11.1 Å². The summed E-state index contributed by atoms with van der Waals surface area (Å²) in [6.07, 6.45) is 3.96. The first-order valence-corrected chi connectivity index (χ1v) is 9.17. The van der Waals surface area contributed by atoms with E-state index in [0.717, 1.165) is 58.9 Å². The van der Waals surface area contributed by atoms with Gasteiger partial charge in [0.15, 0.2) is 6.73 Å². The zero-order valence-corrected chi connectivity index (χ0v) is 14.8. The molecule has 6 heteroatoms. The molecule has 134 valence electrons. The molecule has 2 aromatic carbocycles. The van der Waals surface area contributed by atoms with Crippen LogP contribution in [0.15, 0.2) is 48.5 Å². The lowest BCUT2D eigenvalue weighted by Gasteiger charge is -2.20. The average molecular weight is 358 g/mol. The van der Waals surface area contributed by atoms with E-state index in [9.17, 15) is 4.79 Å². The van der Waals surface area contributed by atoms with Crippen LogP contribution in [0.2, 0.25) is 0 Å². The van der Waals surface area contributed by atoms with Gasteiger partial charge in [-0.3, -0.25) is 4.98 Å². The van der Waals surface area contributed by atoms with E-state index in [4.69, 9.17) is 9.72 Å². The lowest BCUT2D eigenvalue weighted by atomic mass is 9.90. The van der Waals surface area contributed by atoms with Crippen LogP contribution in [-0.2, 0) is 24.3 Å². The molecule has 0 radical (unpaired) electrons. The molecule has 0 bridgehead atoms. The summed E-state index contributed by atoms with van der Waals surface area (Å²) in [5.41, 5.74) is 5.18. The van der Waals surface area contributed by atoms with Crippen LogP contribution in [0.1, 0.15) is 34.5 Å². The molecule has 5 rings (SSSR count). The standard InChI is InChI=1S/C21H18N4O2/c26-21(27-13-25-19-12-6-5-11-18(19)23-24-25)20-14-7-1-3-9-16(14)22-17-10-4-2-8-15(17)20/h1,3,5-7,9,11-12H,2,4,8,10,13H2. The maximum Gasteiger partial charge on any atom is 0.340 e. The van der Waals surface area contributed by atoms with Crippen LogP contribution in [0, 0.1) is 0 Å². The minimum Gasteiger partial charge on any atom is -0.439 e. The van der Waals surface area contributed by atoms with Crippen molar-refractivity contribution in [2.75, 3.05) is 0 Å². The number of esters is 1. The third kappa shape index (κ3) is 2.73. The van der Waals surface area contributed by atoms with Crippen molar-refractivity contribution >= 4 is 27.9 Å². The number of carbonyl (C=O) groups excluding carboxylic acids is 1. The summed E-state index contributed by atoms with van der Waals surface area (Å²) in [7, 11) is 0. The summed E-state index contributed by atoms with van der Waals surface area (Å²) in [6, 6.07) is 15.4. The van der Waals surface area contributed by atoms with E-state index in [1.54, 1.807) is 4.68 Å². The number of ether oxygens (including phenoxy) is 1. The predicted octanol–water partition coefficient (Wildman–Crippen LogP) is 3.67. The summed E-state index contributed by atoms with van der Waals surface area (Å²) in [5.74, 6) is -0.327. The Morgan fingerprint density at radius 1 is 1.00 bits per heavy atom. The fraction of sp³-hybridized carbons (Fsp3) is 0.238. The van der Waals surface area contributed by atoms with Crippen molar-refractivity contribution in [3.05, 3.63) is 65.4 Å². The first-order chi connectivity index (χ1) is 13.3. The van der Waals surface area contributed by atoms with E-state index >= 15 is 0 Å². The number of aromatic nitrogens is 4. The normalized spacial score (nSPS) is 13.6. The molecular weight excluding hydrogens is 340 g/mol. The number of fused-ring (bicyclic) bond motifs is 3. The highest BCUT2D eigenvalue weighted by atomic mass is 16.5. The molecule has 0 fully saturated rings. The van der Waals surface area contributed by atoms with Crippen molar-refractivity contribution in [1.29, 1.82) is 0 Å². The Kier molecular flexibility index (Phi) is 3.81. The SMILES string of the molecule is O=C(OCn1nnc2ccccc21)c1c2c(nc3ccccc13)CCCC2. The third-order valence-corrected chi connectivity index (χ3v) is 5.11. The number of hydrogen-bond acceptors (Lipinski definition) is 5. The van der Waals surface area contributed by atoms with E-state index in [2.05, 4.69) is 10.3 Å².